The summed E-state index contributed by atoms with van der Waals surface area (Å²) >= 11 is 5.59. The molecule has 0 aromatic carbocycles. The van der Waals surface area contributed by atoms with Gasteiger partial charge in [-0.05, 0) is 18.0 Å². The van der Waals surface area contributed by atoms with E-state index in [2.05, 4.69) is 20.3 Å². The Hall–Kier alpha value is -1.28. The molecule has 1 aromatic rings. The van der Waals surface area contributed by atoms with E-state index in [4.69, 9.17) is 21.4 Å². The van der Waals surface area contributed by atoms with E-state index >= 15 is 0 Å². The lowest BCUT2D eigenvalue weighted by Crippen LogP contribution is -2.31. The first-order valence-electron chi connectivity index (χ1n) is 5.24. The average molecular weight is 283 g/mol. The van der Waals surface area contributed by atoms with Crippen LogP contribution < -0.4 is 10.1 Å². The maximum absolute atomic E-state index is 12.8. The molecule has 1 aromatic heterocycles. The minimum atomic E-state index is -3.26. The van der Waals surface area contributed by atoms with Crippen LogP contribution in [0.4, 0.5) is 14.7 Å². The van der Waals surface area contributed by atoms with Crippen LogP contribution in [-0.2, 0) is 0 Å². The minimum Gasteiger partial charge on any atom is -0.463 e. The van der Waals surface area contributed by atoms with E-state index in [1.165, 1.54) is 0 Å². The van der Waals surface area contributed by atoms with Crippen molar-refractivity contribution in [2.24, 2.45) is 0 Å². The van der Waals surface area contributed by atoms with Crippen LogP contribution in [-0.4, -0.2) is 45.7 Å². The highest BCUT2D eigenvalue weighted by atomic mass is 35.5. The van der Waals surface area contributed by atoms with Crippen molar-refractivity contribution < 1.29 is 18.6 Å². The number of hydrogen-bond donors (Lipinski definition) is 2. The zero-order valence-electron chi connectivity index (χ0n) is 9.66. The largest absolute Gasteiger partial charge is 0.463 e. The fourth-order valence-corrected chi connectivity index (χ4v) is 1.09. The highest BCUT2D eigenvalue weighted by Crippen LogP contribution is 2.15. The lowest BCUT2D eigenvalue weighted by Gasteiger charge is -2.14. The van der Waals surface area contributed by atoms with Crippen LogP contribution in [0.1, 0.15) is 13.3 Å². The fourth-order valence-electron chi connectivity index (χ4n) is 0.933. The monoisotopic (exact) mass is 282 g/mol. The van der Waals surface area contributed by atoms with Gasteiger partial charge in [-0.3, -0.25) is 0 Å². The molecule has 0 spiro atoms. The molecule has 0 saturated carbocycles. The molecule has 0 aliphatic heterocycles. The minimum absolute atomic E-state index is 0.0355. The van der Waals surface area contributed by atoms with Gasteiger partial charge < -0.3 is 15.2 Å². The molecule has 0 aliphatic rings. The Morgan fingerprint density at radius 2 is 2.11 bits per heavy atom. The van der Waals surface area contributed by atoms with E-state index in [0.29, 0.717) is 6.61 Å². The predicted octanol–water partition coefficient (Wildman–Crippen LogP) is 1.35. The summed E-state index contributed by atoms with van der Waals surface area (Å²) in [6.45, 7) is 0.200. The second-order valence-corrected chi connectivity index (χ2v) is 3.76. The van der Waals surface area contributed by atoms with Crippen LogP contribution in [0.15, 0.2) is 0 Å². The number of anilines is 1. The summed E-state index contributed by atoms with van der Waals surface area (Å²) in [6, 6.07) is -0.0355. The smallest absolute Gasteiger partial charge is 0.322 e. The molecule has 0 unspecified atom stereocenters. The molecule has 0 amide bonds. The second kappa shape index (κ2) is 6.60. The molecular weight excluding hydrogens is 270 g/mol. The van der Waals surface area contributed by atoms with Crippen LogP contribution in [0.5, 0.6) is 6.01 Å². The van der Waals surface area contributed by atoms with Gasteiger partial charge in [0.15, 0.2) is 0 Å². The van der Waals surface area contributed by atoms with Crippen LogP contribution in [0, 0.1) is 0 Å². The van der Waals surface area contributed by atoms with Gasteiger partial charge in [0.1, 0.15) is 6.61 Å². The van der Waals surface area contributed by atoms with Crippen molar-refractivity contribution >= 4 is 17.5 Å². The average Bonchev–Trinajstić information content (AvgIpc) is 2.33. The summed E-state index contributed by atoms with van der Waals surface area (Å²) in [7, 11) is 0. The van der Waals surface area contributed by atoms with Gasteiger partial charge in [-0.1, -0.05) is 6.92 Å². The molecule has 0 bridgehead atoms. The molecule has 2 N–H and O–H groups in total. The molecule has 1 rings (SSSR count). The van der Waals surface area contributed by atoms with Crippen molar-refractivity contribution in [3.63, 3.8) is 0 Å². The van der Waals surface area contributed by atoms with Gasteiger partial charge in [0.25, 0.3) is 5.92 Å². The number of aliphatic hydroxyl groups excluding tert-OH is 1. The summed E-state index contributed by atoms with van der Waals surface area (Å²) in [5.74, 6) is -3.39. The molecule has 0 saturated heterocycles. The Morgan fingerprint density at radius 3 is 2.72 bits per heavy atom. The number of aliphatic hydroxyl groups is 1. The first kappa shape index (κ1) is 14.8. The summed E-state index contributed by atoms with van der Waals surface area (Å²) in [5.41, 5.74) is 0. The molecule has 9 heteroatoms. The van der Waals surface area contributed by atoms with Crippen molar-refractivity contribution in [1.29, 1.82) is 0 Å². The number of aromatic nitrogens is 3. The lowest BCUT2D eigenvalue weighted by molar-refractivity contribution is -0.0374. The van der Waals surface area contributed by atoms with Crippen LogP contribution in [0.3, 0.4) is 0 Å². The number of rotatable bonds is 7. The van der Waals surface area contributed by atoms with Crippen LogP contribution in [0.2, 0.25) is 5.28 Å². The number of nitrogens with one attached hydrogen (secondary N) is 1. The van der Waals surface area contributed by atoms with E-state index in [-0.39, 0.29) is 17.2 Å². The molecule has 0 radical (unpaired) electrons. The molecule has 1 heterocycles. The number of alkyl halides is 2. The topological polar surface area (TPSA) is 80.2 Å². The molecule has 0 atom stereocenters. The summed E-state index contributed by atoms with van der Waals surface area (Å²) in [6.07, 6.45) is 0.745. The number of hydrogen-bond acceptors (Lipinski definition) is 6. The second-order valence-electron chi connectivity index (χ2n) is 3.43. The summed E-state index contributed by atoms with van der Waals surface area (Å²) in [4.78, 5) is 11.0. The third-order valence-corrected chi connectivity index (χ3v) is 1.93. The van der Waals surface area contributed by atoms with E-state index in [1.54, 1.807) is 0 Å². The van der Waals surface area contributed by atoms with Crippen molar-refractivity contribution in [1.82, 2.24) is 15.0 Å². The molecule has 18 heavy (non-hydrogen) atoms. The summed E-state index contributed by atoms with van der Waals surface area (Å²) < 4.78 is 30.7. The molecular formula is C9H13ClF2N4O2. The maximum atomic E-state index is 12.8. The lowest BCUT2D eigenvalue weighted by atomic mass is 10.3. The Balaban J connectivity index is 2.68. The van der Waals surface area contributed by atoms with Gasteiger partial charge >= 0.3 is 6.01 Å². The van der Waals surface area contributed by atoms with E-state index in [1.807, 2.05) is 6.92 Å². The highest BCUT2D eigenvalue weighted by molar-refractivity contribution is 6.28. The van der Waals surface area contributed by atoms with Gasteiger partial charge in [0, 0.05) is 0 Å². The van der Waals surface area contributed by atoms with Crippen molar-refractivity contribution in [3.8, 4) is 6.01 Å². The van der Waals surface area contributed by atoms with Gasteiger partial charge in [0.05, 0.1) is 13.2 Å². The van der Waals surface area contributed by atoms with Gasteiger partial charge in [-0.2, -0.15) is 15.0 Å². The molecule has 0 fully saturated rings. The Labute approximate surface area is 107 Å². The summed E-state index contributed by atoms with van der Waals surface area (Å²) in [5, 5.41) is 10.5. The Morgan fingerprint density at radius 1 is 1.39 bits per heavy atom. The van der Waals surface area contributed by atoms with Gasteiger partial charge in [-0.15, -0.1) is 0 Å². The molecule has 0 aliphatic carbocycles. The van der Waals surface area contributed by atoms with E-state index < -0.39 is 19.1 Å². The third-order valence-electron chi connectivity index (χ3n) is 1.76. The normalized spacial score (nSPS) is 11.4. The number of ether oxygens (including phenoxy) is 1. The van der Waals surface area contributed by atoms with Crippen LogP contribution >= 0.6 is 11.6 Å². The maximum Gasteiger partial charge on any atom is 0.322 e. The molecule has 102 valence electrons. The van der Waals surface area contributed by atoms with Crippen molar-refractivity contribution in [2.75, 3.05) is 25.1 Å². The van der Waals surface area contributed by atoms with Crippen molar-refractivity contribution in [2.45, 2.75) is 19.3 Å². The van der Waals surface area contributed by atoms with E-state index in [0.717, 1.165) is 6.42 Å². The predicted molar refractivity (Wildman–Crippen MR) is 61.1 cm³/mol. The third kappa shape index (κ3) is 4.92. The number of halogens is 3. The molecule has 6 nitrogen and oxygen atoms in total. The standard InChI is InChI=1S/C9H13ClF2N4O2/c1-2-3-18-8-15-6(10)14-7(16-8)13-4-9(11,12)5-17/h17H,2-5H2,1H3,(H,13,14,15,16). The fraction of sp³-hybridized carbons (Fsp3) is 0.667. The van der Waals surface area contributed by atoms with Gasteiger partial charge in [0.2, 0.25) is 11.2 Å². The SMILES string of the molecule is CCCOc1nc(Cl)nc(NCC(F)(F)CO)n1. The van der Waals surface area contributed by atoms with Gasteiger partial charge in [-0.25, -0.2) is 8.78 Å². The first-order chi connectivity index (χ1) is 8.46. The zero-order valence-corrected chi connectivity index (χ0v) is 10.4. The van der Waals surface area contributed by atoms with E-state index in [9.17, 15) is 8.78 Å². The Kier molecular flexibility index (Phi) is 5.42. The number of nitrogens with zero attached hydrogens (tertiary/aromatic N) is 3. The highest BCUT2D eigenvalue weighted by Gasteiger charge is 2.27. The first-order valence-corrected chi connectivity index (χ1v) is 5.61. The zero-order chi connectivity index (χ0) is 13.6. The quantitative estimate of drug-likeness (QED) is 0.786. The Bertz CT molecular complexity index is 395. The van der Waals surface area contributed by atoms with Crippen molar-refractivity contribution in [3.05, 3.63) is 5.28 Å². The van der Waals surface area contributed by atoms with Crippen LogP contribution in [0.25, 0.3) is 0 Å².